The quantitative estimate of drug-likeness (QED) is 0.177. The third-order valence-corrected chi connectivity index (χ3v) is 14.8. The molecule has 3 aliphatic heterocycles. The van der Waals surface area contributed by atoms with E-state index < -0.39 is 5.41 Å². The van der Waals surface area contributed by atoms with Gasteiger partial charge in [0.2, 0.25) is 0 Å². The monoisotopic (exact) mass is 778 g/mol. The zero-order valence-corrected chi connectivity index (χ0v) is 34.2. The van der Waals surface area contributed by atoms with Crippen LogP contribution in [0.5, 0.6) is 0 Å². The van der Waals surface area contributed by atoms with Gasteiger partial charge in [-0.25, -0.2) is 0 Å². The van der Waals surface area contributed by atoms with Crippen LogP contribution >= 0.6 is 0 Å². The summed E-state index contributed by atoms with van der Waals surface area (Å²) in [5, 5.41) is 8.98. The fourth-order valence-electron chi connectivity index (χ4n) is 12.1. The maximum Gasteiger partial charge on any atom is 0.198 e. The Morgan fingerprint density at radius 3 is 2.15 bits per heavy atom. The summed E-state index contributed by atoms with van der Waals surface area (Å²) >= 11 is 0. The minimum Gasteiger partial charge on any atom is -0.456 e. The van der Waals surface area contributed by atoms with Crippen molar-refractivity contribution in [2.24, 2.45) is 0 Å². The number of nitrogens with one attached hydrogen (secondary N) is 1. The molecule has 1 unspecified atom stereocenters. The number of nitrogens with zero attached hydrogens (tertiary/aromatic N) is 1. The molecule has 61 heavy (non-hydrogen) atoms. The number of fused-ring (bicyclic) bond motifs is 13. The molecule has 0 radical (unpaired) electrons. The lowest BCUT2D eigenvalue weighted by atomic mass is 9.55. The van der Waals surface area contributed by atoms with Crippen molar-refractivity contribution in [2.75, 3.05) is 10.2 Å². The highest BCUT2D eigenvalue weighted by Gasteiger charge is 2.49. The number of benzene rings is 9. The van der Waals surface area contributed by atoms with Crippen LogP contribution in [0.4, 0.5) is 28.4 Å². The highest BCUT2D eigenvalue weighted by atomic mass is 16.3. The Hall–Kier alpha value is -7.30. The third kappa shape index (κ3) is 4.15. The summed E-state index contributed by atoms with van der Waals surface area (Å²) in [5.41, 5.74) is 24.2. The fraction of sp³-hybridized carbons (Fsp3) is 0.0877. The number of furan rings is 1. The number of anilines is 5. The molecular weight excluding hydrogens is 739 g/mol. The molecule has 0 spiro atoms. The van der Waals surface area contributed by atoms with Crippen molar-refractivity contribution in [3.8, 4) is 33.4 Å². The lowest BCUT2D eigenvalue weighted by Gasteiger charge is -2.46. The summed E-state index contributed by atoms with van der Waals surface area (Å²) < 4.78 is 6.97. The third-order valence-electron chi connectivity index (χ3n) is 14.8. The minimum atomic E-state index is -0.406. The van der Waals surface area contributed by atoms with Gasteiger partial charge in [-0.2, -0.15) is 0 Å². The van der Waals surface area contributed by atoms with E-state index >= 15 is 0 Å². The van der Waals surface area contributed by atoms with Gasteiger partial charge in [-0.05, 0) is 103 Å². The second kappa shape index (κ2) is 11.5. The van der Waals surface area contributed by atoms with Crippen molar-refractivity contribution in [3.05, 3.63) is 198 Å². The molecule has 3 nitrogen and oxygen atoms in total. The fourth-order valence-corrected chi connectivity index (χ4v) is 12.1. The van der Waals surface area contributed by atoms with Crippen LogP contribution in [0.3, 0.4) is 0 Å². The van der Waals surface area contributed by atoms with Crippen LogP contribution in [-0.2, 0) is 10.8 Å². The van der Waals surface area contributed by atoms with Crippen molar-refractivity contribution in [2.45, 2.75) is 31.6 Å². The van der Waals surface area contributed by atoms with Crippen molar-refractivity contribution in [1.29, 1.82) is 0 Å². The molecule has 1 atom stereocenters. The van der Waals surface area contributed by atoms with E-state index in [1.54, 1.807) is 0 Å². The summed E-state index contributed by atoms with van der Waals surface area (Å²) in [7, 11) is 0.800. The second-order valence-corrected chi connectivity index (χ2v) is 18.2. The van der Waals surface area contributed by atoms with E-state index in [0.29, 0.717) is 0 Å². The van der Waals surface area contributed by atoms with Crippen LogP contribution in [0.15, 0.2) is 174 Å². The van der Waals surface area contributed by atoms with Gasteiger partial charge >= 0.3 is 0 Å². The van der Waals surface area contributed by atoms with E-state index in [9.17, 15) is 0 Å². The highest BCUT2D eigenvalue weighted by molar-refractivity contribution is 6.74. The molecule has 10 aromatic rings. The molecule has 9 aromatic carbocycles. The van der Waals surface area contributed by atoms with E-state index in [1.165, 1.54) is 106 Å². The smallest absolute Gasteiger partial charge is 0.198 e. The normalized spacial score (nSPS) is 16.9. The van der Waals surface area contributed by atoms with E-state index in [2.05, 4.69) is 201 Å². The first-order chi connectivity index (χ1) is 29.9. The maximum absolute atomic E-state index is 6.97. The molecule has 14 rings (SSSR count). The van der Waals surface area contributed by atoms with Crippen molar-refractivity contribution in [1.82, 2.24) is 0 Å². The summed E-state index contributed by atoms with van der Waals surface area (Å²) in [6, 6.07) is 63.2. The number of rotatable bonds is 2. The zero-order valence-electron chi connectivity index (χ0n) is 34.2. The second-order valence-electron chi connectivity index (χ2n) is 18.2. The lowest BCUT2D eigenvalue weighted by molar-refractivity contribution is 0.633. The van der Waals surface area contributed by atoms with Gasteiger partial charge in [-0.1, -0.05) is 159 Å². The van der Waals surface area contributed by atoms with Crippen LogP contribution in [0.1, 0.15) is 48.6 Å². The van der Waals surface area contributed by atoms with Gasteiger partial charge in [-0.3, -0.25) is 0 Å². The molecule has 4 heteroatoms. The first-order valence-electron chi connectivity index (χ1n) is 21.6. The molecular formula is C57H39BN2O. The Balaban J connectivity index is 1.14. The maximum atomic E-state index is 6.97. The summed E-state index contributed by atoms with van der Waals surface area (Å²) in [5.74, 6) is 0. The Kier molecular flexibility index (Phi) is 6.32. The first-order valence-corrected chi connectivity index (χ1v) is 21.6. The molecule has 0 saturated heterocycles. The van der Waals surface area contributed by atoms with Gasteiger partial charge in [0.1, 0.15) is 11.2 Å². The average molecular weight is 779 g/mol. The predicted octanol–water partition coefficient (Wildman–Crippen LogP) is 13.3. The SMILES string of the molecule is CC1(C)c2cc3ccccc3cc2N2c3cc4oc5ccccc5c4c(-c4ccc(-c5ccccc5)c5c4Nc4cccc6c4C5(C)c4ccccc4-6)c3Bc3cccc1c32. The van der Waals surface area contributed by atoms with E-state index in [1.807, 2.05) is 0 Å². The average Bonchev–Trinajstić information content (AvgIpc) is 3.80. The Labute approximate surface area is 355 Å². The Bertz CT molecular complexity index is 3600. The Morgan fingerprint density at radius 2 is 1.26 bits per heavy atom. The number of hydrogen-bond acceptors (Lipinski definition) is 3. The van der Waals surface area contributed by atoms with E-state index in [-0.39, 0.29) is 5.41 Å². The van der Waals surface area contributed by atoms with Gasteiger partial charge in [0.15, 0.2) is 7.28 Å². The molecule has 286 valence electrons. The van der Waals surface area contributed by atoms with Crippen LogP contribution < -0.4 is 21.1 Å². The lowest BCUT2D eigenvalue weighted by Crippen LogP contribution is -2.45. The minimum absolute atomic E-state index is 0.194. The summed E-state index contributed by atoms with van der Waals surface area (Å²) in [6.45, 7) is 7.26. The van der Waals surface area contributed by atoms with Crippen molar-refractivity contribution >= 4 is 79.4 Å². The van der Waals surface area contributed by atoms with Crippen LogP contribution in [-0.4, -0.2) is 7.28 Å². The summed E-state index contributed by atoms with van der Waals surface area (Å²) in [6.07, 6.45) is 0. The molecule has 1 aromatic heterocycles. The molecule has 0 bridgehead atoms. The van der Waals surface area contributed by atoms with Gasteiger partial charge in [0, 0.05) is 50.3 Å². The molecule has 0 saturated carbocycles. The van der Waals surface area contributed by atoms with Crippen molar-refractivity contribution in [3.63, 3.8) is 0 Å². The molecule has 4 heterocycles. The molecule has 4 aliphatic rings. The largest absolute Gasteiger partial charge is 0.456 e. The van der Waals surface area contributed by atoms with Crippen molar-refractivity contribution < 1.29 is 4.42 Å². The van der Waals surface area contributed by atoms with Gasteiger partial charge in [0.05, 0.1) is 11.4 Å². The molecule has 0 amide bonds. The first kappa shape index (κ1) is 33.5. The molecule has 1 aliphatic carbocycles. The van der Waals surface area contributed by atoms with Gasteiger partial charge in [-0.15, -0.1) is 0 Å². The van der Waals surface area contributed by atoms with Crippen LogP contribution in [0, 0.1) is 0 Å². The van der Waals surface area contributed by atoms with Gasteiger partial charge in [0.25, 0.3) is 0 Å². The van der Waals surface area contributed by atoms with Gasteiger partial charge < -0.3 is 14.6 Å². The molecule has 0 fully saturated rings. The van der Waals surface area contributed by atoms with Crippen LogP contribution in [0.25, 0.3) is 66.1 Å². The summed E-state index contributed by atoms with van der Waals surface area (Å²) in [4.78, 5) is 2.58. The van der Waals surface area contributed by atoms with E-state index in [0.717, 1.165) is 34.9 Å². The van der Waals surface area contributed by atoms with Crippen LogP contribution in [0.2, 0.25) is 0 Å². The number of para-hydroxylation sites is 2. The molecule has 1 N–H and O–H groups in total. The van der Waals surface area contributed by atoms with E-state index in [4.69, 9.17) is 4.42 Å². The highest BCUT2D eigenvalue weighted by Crippen LogP contribution is 2.63. The number of hydrogen-bond donors (Lipinski definition) is 1. The standard InChI is InChI=1S/C57H39BN2O/c1-56(2)41-23-14-24-43-55(41)60(45-30-34-18-8-7-17-33(34)29-42(45)56)46-31-48-49(38-20-10-12-26-47(38)61-48)50(53(46)58-43)39-28-27-35(32-15-5-4-6-16-32)52-54(39)59-44-25-13-21-37-36-19-9-11-22-40(36)57(52,3)51(37)44/h4-31,58-59H,1-3H3. The topological polar surface area (TPSA) is 28.4 Å². The zero-order chi connectivity index (χ0) is 40.4. The predicted molar refractivity (Wildman–Crippen MR) is 256 cm³/mol. The Morgan fingerprint density at radius 1 is 0.541 bits per heavy atom.